The Balaban J connectivity index is 1.59. The Morgan fingerprint density at radius 3 is 1.35 bits per heavy atom. The Labute approximate surface area is 217 Å². The number of fused-ring (bicyclic) bond motifs is 7. The normalized spacial score (nSPS) is 11.5. The first-order valence-electron chi connectivity index (χ1n) is 12.0. The van der Waals surface area contributed by atoms with Gasteiger partial charge < -0.3 is 9.47 Å². The van der Waals surface area contributed by atoms with Gasteiger partial charge in [-0.25, -0.2) is 0 Å². The minimum absolute atomic E-state index is 0.845. The van der Waals surface area contributed by atoms with Gasteiger partial charge in [-0.2, -0.15) is 0 Å². The largest absolute Gasteiger partial charge is 0.497 e. The van der Waals surface area contributed by atoms with Crippen molar-refractivity contribution in [1.29, 1.82) is 0 Å². The number of aromatic nitrogens is 2. The highest BCUT2D eigenvalue weighted by Crippen LogP contribution is 2.46. The first-order chi connectivity index (χ1) is 18.2. The second-order valence-corrected chi connectivity index (χ2v) is 10.0. The molecule has 0 saturated carbocycles. The van der Waals surface area contributed by atoms with Crippen LogP contribution in [0.4, 0.5) is 0 Å². The van der Waals surface area contributed by atoms with E-state index in [1.807, 2.05) is 60.4 Å². The summed E-state index contributed by atoms with van der Waals surface area (Å²) in [5.74, 6) is 1.69. The van der Waals surface area contributed by atoms with Gasteiger partial charge in [-0.05, 0) is 70.8 Å². The van der Waals surface area contributed by atoms with Gasteiger partial charge in [0.1, 0.15) is 11.5 Å². The molecule has 37 heavy (non-hydrogen) atoms. The number of thiophene rings is 1. The minimum Gasteiger partial charge on any atom is -0.497 e. The van der Waals surface area contributed by atoms with E-state index in [1.165, 1.54) is 42.1 Å². The molecule has 0 radical (unpaired) electrons. The fourth-order valence-corrected chi connectivity index (χ4v) is 6.56. The molecule has 5 heteroatoms. The third-order valence-electron chi connectivity index (χ3n) is 7.07. The Bertz CT molecular complexity index is 1800. The molecule has 0 aliphatic heterocycles. The number of nitrogens with zero attached hydrogens (tertiary/aromatic N) is 2. The molecule has 0 amide bonds. The van der Waals surface area contributed by atoms with Crippen molar-refractivity contribution in [3.63, 3.8) is 0 Å². The molecule has 0 fully saturated rings. The van der Waals surface area contributed by atoms with Crippen LogP contribution in [-0.2, 0) is 0 Å². The molecule has 4 aromatic carbocycles. The number of benzene rings is 4. The summed E-state index contributed by atoms with van der Waals surface area (Å²) in [5.41, 5.74) is 4.61. The van der Waals surface area contributed by atoms with Crippen molar-refractivity contribution in [2.75, 3.05) is 14.2 Å². The average Bonchev–Trinajstić information content (AvgIpc) is 3.35. The van der Waals surface area contributed by atoms with Crippen LogP contribution in [-0.4, -0.2) is 24.2 Å². The van der Waals surface area contributed by atoms with E-state index in [2.05, 4.69) is 58.5 Å². The van der Waals surface area contributed by atoms with Gasteiger partial charge >= 0.3 is 0 Å². The lowest BCUT2D eigenvalue weighted by atomic mass is 9.94. The summed E-state index contributed by atoms with van der Waals surface area (Å²) in [5, 5.41) is 7.22. The smallest absolute Gasteiger partial charge is 0.118 e. The summed E-state index contributed by atoms with van der Waals surface area (Å²) in [4.78, 5) is 8.95. The topological polar surface area (TPSA) is 44.2 Å². The first kappa shape index (κ1) is 21.8. The predicted octanol–water partition coefficient (Wildman–Crippen LogP) is 8.50. The maximum absolute atomic E-state index is 5.40. The molecule has 3 heterocycles. The van der Waals surface area contributed by atoms with E-state index in [0.29, 0.717) is 0 Å². The molecule has 3 aromatic heterocycles. The molecular weight excluding hydrogens is 476 g/mol. The zero-order valence-corrected chi connectivity index (χ0v) is 21.2. The summed E-state index contributed by atoms with van der Waals surface area (Å²) < 4.78 is 13.3. The zero-order chi connectivity index (χ0) is 24.9. The van der Waals surface area contributed by atoms with Gasteiger partial charge in [0.25, 0.3) is 0 Å². The second kappa shape index (κ2) is 8.57. The standard InChI is InChI=1S/C32H22N2O2S/c1-35-21-7-3-19(4-8-21)25-15-27-28-16-26(20-5-9-22(36-2)10-6-20)30-18-34-14-12-24(30)32(28)37-31(27)23-11-13-33-17-29(23)25/h3-18H,1-2H3. The summed E-state index contributed by atoms with van der Waals surface area (Å²) in [6.45, 7) is 0. The van der Waals surface area contributed by atoms with E-state index in [0.717, 1.165) is 33.4 Å². The molecule has 0 unspecified atom stereocenters. The van der Waals surface area contributed by atoms with Crippen LogP contribution in [0, 0.1) is 0 Å². The lowest BCUT2D eigenvalue weighted by Gasteiger charge is -2.10. The number of methoxy groups -OCH3 is 2. The van der Waals surface area contributed by atoms with E-state index in [1.54, 1.807) is 14.2 Å². The van der Waals surface area contributed by atoms with Gasteiger partial charge in [-0.3, -0.25) is 9.97 Å². The van der Waals surface area contributed by atoms with E-state index < -0.39 is 0 Å². The van der Waals surface area contributed by atoms with Crippen LogP contribution in [0.15, 0.2) is 97.6 Å². The summed E-state index contributed by atoms with van der Waals surface area (Å²) in [6, 6.07) is 25.4. The van der Waals surface area contributed by atoms with Gasteiger partial charge in [-0.15, -0.1) is 11.3 Å². The maximum Gasteiger partial charge on any atom is 0.118 e. The van der Waals surface area contributed by atoms with Crippen LogP contribution in [0.1, 0.15) is 0 Å². The predicted molar refractivity (Wildman–Crippen MR) is 154 cm³/mol. The zero-order valence-electron chi connectivity index (χ0n) is 20.4. The summed E-state index contributed by atoms with van der Waals surface area (Å²) >= 11 is 1.85. The highest BCUT2D eigenvalue weighted by Gasteiger charge is 2.17. The monoisotopic (exact) mass is 498 g/mol. The molecule has 0 bridgehead atoms. The fourth-order valence-electron chi connectivity index (χ4n) is 5.22. The van der Waals surface area contributed by atoms with Crippen molar-refractivity contribution in [2.45, 2.75) is 0 Å². The van der Waals surface area contributed by atoms with E-state index >= 15 is 0 Å². The molecule has 4 nitrogen and oxygen atoms in total. The van der Waals surface area contributed by atoms with Gasteiger partial charge in [0.15, 0.2) is 0 Å². The number of hydrogen-bond donors (Lipinski definition) is 0. The van der Waals surface area contributed by atoms with Crippen LogP contribution >= 0.6 is 11.3 Å². The summed E-state index contributed by atoms with van der Waals surface area (Å²) in [7, 11) is 3.39. The molecule has 178 valence electrons. The Kier molecular flexibility index (Phi) is 5.05. The van der Waals surface area contributed by atoms with Gasteiger partial charge in [0.05, 0.1) is 14.2 Å². The van der Waals surface area contributed by atoms with Crippen molar-refractivity contribution in [3.05, 3.63) is 97.6 Å². The van der Waals surface area contributed by atoms with Gasteiger partial charge in [0.2, 0.25) is 0 Å². The van der Waals surface area contributed by atoms with Crippen LogP contribution in [0.3, 0.4) is 0 Å². The first-order valence-corrected chi connectivity index (χ1v) is 12.9. The molecule has 0 spiro atoms. The molecule has 7 aromatic rings. The second-order valence-electron chi connectivity index (χ2n) is 9.00. The Morgan fingerprint density at radius 2 is 0.946 bits per heavy atom. The van der Waals surface area contributed by atoms with Crippen molar-refractivity contribution in [3.8, 4) is 33.8 Å². The SMILES string of the molecule is COc1ccc(-c2cc3c4cc(-c5ccc(OC)cc5)c5cnccc5c4sc3c3ccncc23)cc1. The lowest BCUT2D eigenvalue weighted by Crippen LogP contribution is -1.87. The van der Waals surface area contributed by atoms with Gasteiger partial charge in [0, 0.05) is 66.5 Å². The third-order valence-corrected chi connectivity index (χ3v) is 8.36. The van der Waals surface area contributed by atoms with Crippen LogP contribution in [0.25, 0.3) is 64.0 Å². The molecule has 7 rings (SSSR count). The maximum atomic E-state index is 5.40. The van der Waals surface area contributed by atoms with Crippen molar-refractivity contribution < 1.29 is 9.47 Å². The third kappa shape index (κ3) is 3.43. The van der Waals surface area contributed by atoms with E-state index in [-0.39, 0.29) is 0 Å². The Hall–Kier alpha value is -4.48. The quantitative estimate of drug-likeness (QED) is 0.244. The highest BCUT2D eigenvalue weighted by molar-refractivity contribution is 7.27. The van der Waals surface area contributed by atoms with E-state index in [4.69, 9.17) is 9.47 Å². The highest BCUT2D eigenvalue weighted by atomic mass is 32.1. The molecule has 0 aliphatic rings. The number of pyridine rings is 2. The molecular formula is C32H22N2O2S. The van der Waals surface area contributed by atoms with E-state index in [9.17, 15) is 0 Å². The molecule has 0 atom stereocenters. The lowest BCUT2D eigenvalue weighted by molar-refractivity contribution is 0.415. The summed E-state index contributed by atoms with van der Waals surface area (Å²) in [6.07, 6.45) is 7.72. The van der Waals surface area contributed by atoms with Crippen molar-refractivity contribution in [2.24, 2.45) is 0 Å². The fraction of sp³-hybridized carbons (Fsp3) is 0.0625. The van der Waals surface area contributed by atoms with Gasteiger partial charge in [-0.1, -0.05) is 24.3 Å². The van der Waals surface area contributed by atoms with Crippen LogP contribution in [0.5, 0.6) is 11.5 Å². The van der Waals surface area contributed by atoms with Crippen molar-refractivity contribution >= 4 is 53.1 Å². The molecule has 0 aliphatic carbocycles. The number of ether oxygens (including phenoxy) is 2. The Morgan fingerprint density at radius 1 is 0.514 bits per heavy atom. The number of rotatable bonds is 4. The van der Waals surface area contributed by atoms with Crippen molar-refractivity contribution in [1.82, 2.24) is 9.97 Å². The van der Waals surface area contributed by atoms with Crippen LogP contribution < -0.4 is 9.47 Å². The molecule has 0 saturated heterocycles. The average molecular weight is 499 g/mol. The molecule has 0 N–H and O–H groups in total. The van der Waals surface area contributed by atoms with Crippen LogP contribution in [0.2, 0.25) is 0 Å². The minimum atomic E-state index is 0.845. The number of hydrogen-bond acceptors (Lipinski definition) is 5.